The van der Waals surface area contributed by atoms with Crippen LogP contribution >= 0.6 is 0 Å². The molecule has 0 aliphatic carbocycles. The summed E-state index contributed by atoms with van der Waals surface area (Å²) in [5.74, 6) is 0.788. The van der Waals surface area contributed by atoms with E-state index in [0.717, 1.165) is 32.3 Å². The number of hydrogen-bond acceptors (Lipinski definition) is 4. The molecular formula is C13H24N2O2. The van der Waals surface area contributed by atoms with Crippen molar-refractivity contribution < 1.29 is 9.47 Å². The van der Waals surface area contributed by atoms with E-state index in [9.17, 15) is 0 Å². The molecule has 17 heavy (non-hydrogen) atoms. The summed E-state index contributed by atoms with van der Waals surface area (Å²) in [6.07, 6.45) is 2.49. The molecule has 0 aromatic carbocycles. The van der Waals surface area contributed by atoms with Gasteiger partial charge in [-0.05, 0) is 18.8 Å². The molecule has 0 saturated carbocycles. The predicted octanol–water partition coefficient (Wildman–Crippen LogP) is 0.429. The normalized spacial score (nSPS) is 36.7. The largest absolute Gasteiger partial charge is 0.381 e. The Morgan fingerprint density at radius 2 is 1.65 bits per heavy atom. The van der Waals surface area contributed by atoms with Crippen LogP contribution in [0.1, 0.15) is 12.8 Å². The molecule has 2 unspecified atom stereocenters. The van der Waals surface area contributed by atoms with Crippen molar-refractivity contribution in [3.05, 3.63) is 0 Å². The summed E-state index contributed by atoms with van der Waals surface area (Å²) >= 11 is 0. The Morgan fingerprint density at radius 1 is 0.882 bits per heavy atom. The number of piperazine rings is 1. The van der Waals surface area contributed by atoms with E-state index >= 15 is 0 Å². The van der Waals surface area contributed by atoms with Crippen LogP contribution in [0.25, 0.3) is 0 Å². The first-order valence-electron chi connectivity index (χ1n) is 7.04. The second kappa shape index (κ2) is 5.65. The maximum Gasteiger partial charge on any atom is 0.0622 e. The summed E-state index contributed by atoms with van der Waals surface area (Å²) in [4.78, 5) is 5.24. The van der Waals surface area contributed by atoms with Crippen LogP contribution in [-0.2, 0) is 9.47 Å². The van der Waals surface area contributed by atoms with E-state index in [2.05, 4.69) is 9.80 Å². The average molecular weight is 240 g/mol. The molecule has 3 rings (SSSR count). The van der Waals surface area contributed by atoms with Gasteiger partial charge in [0.15, 0.2) is 0 Å². The van der Waals surface area contributed by atoms with Crippen LogP contribution in [0.4, 0.5) is 0 Å². The highest BCUT2D eigenvalue weighted by atomic mass is 16.5. The van der Waals surface area contributed by atoms with E-state index in [1.165, 1.54) is 45.6 Å². The van der Waals surface area contributed by atoms with Gasteiger partial charge in [-0.25, -0.2) is 0 Å². The minimum atomic E-state index is 0.701. The molecule has 0 spiro atoms. The topological polar surface area (TPSA) is 24.9 Å². The maximum absolute atomic E-state index is 5.47. The summed E-state index contributed by atoms with van der Waals surface area (Å²) in [5.41, 5.74) is 0. The Labute approximate surface area is 104 Å². The van der Waals surface area contributed by atoms with E-state index in [0.29, 0.717) is 6.04 Å². The molecular weight excluding hydrogens is 216 g/mol. The number of ether oxygens (including phenoxy) is 2. The standard InChI is InChI=1S/C13H24N2O2/c1-7-16-10-12(1)9-14-3-5-15(6-4-14)13-2-8-17-11-13/h12-13H,1-11H2. The van der Waals surface area contributed by atoms with Crippen molar-refractivity contribution in [3.8, 4) is 0 Å². The van der Waals surface area contributed by atoms with Gasteiger partial charge >= 0.3 is 0 Å². The van der Waals surface area contributed by atoms with Crippen LogP contribution in [-0.4, -0.2) is 75.0 Å². The fraction of sp³-hybridized carbons (Fsp3) is 1.00. The Bertz CT molecular complexity index is 230. The molecule has 2 atom stereocenters. The van der Waals surface area contributed by atoms with Crippen LogP contribution in [0.2, 0.25) is 0 Å². The smallest absolute Gasteiger partial charge is 0.0622 e. The van der Waals surface area contributed by atoms with Gasteiger partial charge in [0, 0.05) is 52.0 Å². The number of rotatable bonds is 3. The summed E-state index contributed by atoms with van der Waals surface area (Å²) in [6, 6.07) is 0.701. The van der Waals surface area contributed by atoms with Gasteiger partial charge in [-0.15, -0.1) is 0 Å². The van der Waals surface area contributed by atoms with Gasteiger partial charge in [0.1, 0.15) is 0 Å². The first kappa shape index (κ1) is 11.9. The Morgan fingerprint density at radius 3 is 2.29 bits per heavy atom. The van der Waals surface area contributed by atoms with Gasteiger partial charge in [0.2, 0.25) is 0 Å². The minimum absolute atomic E-state index is 0.701. The lowest BCUT2D eigenvalue weighted by atomic mass is 10.1. The van der Waals surface area contributed by atoms with Crippen LogP contribution in [0, 0.1) is 5.92 Å². The molecule has 0 aromatic rings. The fourth-order valence-corrected chi connectivity index (χ4v) is 3.21. The summed E-state index contributed by atoms with van der Waals surface area (Å²) < 4.78 is 10.9. The Balaban J connectivity index is 1.40. The van der Waals surface area contributed by atoms with Crippen LogP contribution in [0.5, 0.6) is 0 Å². The monoisotopic (exact) mass is 240 g/mol. The van der Waals surface area contributed by atoms with E-state index in [1.807, 2.05) is 0 Å². The molecule has 3 aliphatic heterocycles. The van der Waals surface area contributed by atoms with Gasteiger partial charge in [-0.3, -0.25) is 4.90 Å². The third-order valence-corrected chi connectivity index (χ3v) is 4.37. The molecule has 0 radical (unpaired) electrons. The van der Waals surface area contributed by atoms with Crippen molar-refractivity contribution in [1.82, 2.24) is 9.80 Å². The molecule has 4 nitrogen and oxygen atoms in total. The molecule has 3 aliphatic rings. The lowest BCUT2D eigenvalue weighted by molar-refractivity contribution is 0.0747. The Hall–Kier alpha value is -0.160. The second-order valence-corrected chi connectivity index (χ2v) is 5.58. The predicted molar refractivity (Wildman–Crippen MR) is 66.2 cm³/mol. The fourth-order valence-electron chi connectivity index (χ4n) is 3.21. The molecule has 0 bridgehead atoms. The van der Waals surface area contributed by atoms with Crippen LogP contribution < -0.4 is 0 Å². The molecule has 3 fully saturated rings. The van der Waals surface area contributed by atoms with E-state index < -0.39 is 0 Å². The molecule has 4 heteroatoms. The highest BCUT2D eigenvalue weighted by Gasteiger charge is 2.28. The lowest BCUT2D eigenvalue weighted by Crippen LogP contribution is -2.51. The van der Waals surface area contributed by atoms with Crippen molar-refractivity contribution in [2.45, 2.75) is 18.9 Å². The molecule has 98 valence electrons. The molecule has 0 amide bonds. The van der Waals surface area contributed by atoms with Crippen LogP contribution in [0.3, 0.4) is 0 Å². The SMILES string of the molecule is C1CC(CN2CCN(C3CCOC3)CC2)CO1. The van der Waals surface area contributed by atoms with E-state index in [1.54, 1.807) is 0 Å². The zero-order chi connectivity index (χ0) is 11.5. The number of hydrogen-bond donors (Lipinski definition) is 0. The first-order valence-corrected chi connectivity index (χ1v) is 7.04. The van der Waals surface area contributed by atoms with Crippen molar-refractivity contribution in [1.29, 1.82) is 0 Å². The van der Waals surface area contributed by atoms with Gasteiger partial charge in [0.05, 0.1) is 13.2 Å². The second-order valence-electron chi connectivity index (χ2n) is 5.58. The zero-order valence-corrected chi connectivity index (χ0v) is 10.6. The molecule has 3 heterocycles. The van der Waals surface area contributed by atoms with Gasteiger partial charge in [-0.1, -0.05) is 0 Å². The minimum Gasteiger partial charge on any atom is -0.381 e. The third kappa shape index (κ3) is 2.99. The lowest BCUT2D eigenvalue weighted by Gasteiger charge is -2.38. The van der Waals surface area contributed by atoms with Crippen molar-refractivity contribution in [2.75, 3.05) is 59.2 Å². The van der Waals surface area contributed by atoms with Gasteiger partial charge in [-0.2, -0.15) is 0 Å². The molecule has 0 N–H and O–H groups in total. The zero-order valence-electron chi connectivity index (χ0n) is 10.6. The third-order valence-electron chi connectivity index (χ3n) is 4.37. The highest BCUT2D eigenvalue weighted by Crippen LogP contribution is 2.18. The van der Waals surface area contributed by atoms with Crippen LogP contribution in [0.15, 0.2) is 0 Å². The summed E-state index contributed by atoms with van der Waals surface area (Å²) in [6.45, 7) is 10.0. The van der Waals surface area contributed by atoms with Gasteiger partial charge in [0.25, 0.3) is 0 Å². The van der Waals surface area contributed by atoms with Crippen molar-refractivity contribution in [2.24, 2.45) is 5.92 Å². The first-order chi connectivity index (χ1) is 8.42. The summed E-state index contributed by atoms with van der Waals surface area (Å²) in [5, 5.41) is 0. The molecule has 3 saturated heterocycles. The van der Waals surface area contributed by atoms with E-state index in [4.69, 9.17) is 9.47 Å². The quantitative estimate of drug-likeness (QED) is 0.714. The average Bonchev–Trinajstić information content (AvgIpc) is 3.01. The Kier molecular flexibility index (Phi) is 3.96. The maximum atomic E-state index is 5.47. The van der Waals surface area contributed by atoms with Gasteiger partial charge < -0.3 is 14.4 Å². The number of nitrogens with zero attached hydrogens (tertiary/aromatic N) is 2. The summed E-state index contributed by atoms with van der Waals surface area (Å²) in [7, 11) is 0. The molecule has 0 aromatic heterocycles. The van der Waals surface area contributed by atoms with Crippen molar-refractivity contribution in [3.63, 3.8) is 0 Å². The highest BCUT2D eigenvalue weighted by molar-refractivity contribution is 4.82. The van der Waals surface area contributed by atoms with E-state index in [-0.39, 0.29) is 0 Å². The van der Waals surface area contributed by atoms with Crippen molar-refractivity contribution >= 4 is 0 Å².